The van der Waals surface area contributed by atoms with E-state index in [4.69, 9.17) is 0 Å². The summed E-state index contributed by atoms with van der Waals surface area (Å²) in [6.07, 6.45) is 13.1. The van der Waals surface area contributed by atoms with Crippen LogP contribution in [0.15, 0.2) is 91.0 Å². The van der Waals surface area contributed by atoms with Gasteiger partial charge < -0.3 is 14.7 Å². The van der Waals surface area contributed by atoms with E-state index in [1.165, 1.54) is 50.4 Å². The maximum absolute atomic E-state index is 2.23. The maximum atomic E-state index is 2.23. The van der Waals surface area contributed by atoms with Gasteiger partial charge in [0.25, 0.3) is 0 Å². The largest absolute Gasteiger partial charge is 0.378 e. The van der Waals surface area contributed by atoms with E-state index in [2.05, 4.69) is 184 Å². The fourth-order valence-electron chi connectivity index (χ4n) is 4.22. The Kier molecular flexibility index (Phi) is 9.06. The van der Waals surface area contributed by atoms with Crippen LogP contribution in [-0.4, -0.2) is 42.3 Å². The number of benzene rings is 4. The van der Waals surface area contributed by atoms with Gasteiger partial charge in [-0.2, -0.15) is 0 Å². The topological polar surface area (TPSA) is 9.72 Å². The van der Waals surface area contributed by atoms with Crippen LogP contribution in [0, 0.1) is 0 Å². The van der Waals surface area contributed by atoms with Crippen LogP contribution >= 0.6 is 0 Å². The lowest BCUT2D eigenvalue weighted by atomic mass is 10.0. The molecule has 4 aromatic carbocycles. The first-order chi connectivity index (χ1) is 18.8. The number of hydrogen-bond acceptors (Lipinski definition) is 3. The van der Waals surface area contributed by atoms with Crippen molar-refractivity contribution in [1.29, 1.82) is 0 Å². The second kappa shape index (κ2) is 12.8. The highest BCUT2D eigenvalue weighted by Crippen LogP contribution is 2.21. The molecule has 0 heterocycles. The zero-order valence-electron chi connectivity index (χ0n) is 24.0. The molecule has 0 saturated heterocycles. The number of anilines is 3. The lowest BCUT2D eigenvalue weighted by Gasteiger charge is -2.12. The van der Waals surface area contributed by atoms with Gasteiger partial charge in [0.2, 0.25) is 0 Å². The third-order valence-corrected chi connectivity index (χ3v) is 6.63. The molecule has 0 aromatic heterocycles. The van der Waals surface area contributed by atoms with Crippen LogP contribution in [0.5, 0.6) is 0 Å². The average molecular weight is 514 g/mol. The lowest BCUT2D eigenvalue weighted by Crippen LogP contribution is -2.07. The molecule has 0 fully saturated rings. The highest BCUT2D eigenvalue weighted by molar-refractivity contribution is 5.79. The molecule has 0 atom stereocenters. The molecule has 0 aliphatic heterocycles. The molecular weight excluding hydrogens is 474 g/mol. The molecule has 0 unspecified atom stereocenters. The van der Waals surface area contributed by atoms with Crippen molar-refractivity contribution in [3.8, 4) is 0 Å². The normalized spacial score (nSPS) is 11.5. The molecule has 0 spiro atoms. The first-order valence-corrected chi connectivity index (χ1v) is 13.3. The summed E-state index contributed by atoms with van der Waals surface area (Å²) in [7, 11) is 12.4. The predicted octanol–water partition coefficient (Wildman–Crippen LogP) is 8.40. The van der Waals surface area contributed by atoms with Gasteiger partial charge in [-0.05, 0) is 88.0 Å². The Morgan fingerprint density at radius 3 is 0.718 bits per heavy atom. The van der Waals surface area contributed by atoms with Gasteiger partial charge in [-0.25, -0.2) is 0 Å². The standard InChI is InChI=1S/C36H39N3/c1-37(2)34-19-13-28(14-20-34)7-10-31-25-32(11-8-29-15-21-35(22-16-29)38(3)4)27-33(26-31)12-9-30-17-23-36(24-18-30)39(5)6/h7-27H,1-6H3. The van der Waals surface area contributed by atoms with Crippen LogP contribution in [-0.2, 0) is 0 Å². The van der Waals surface area contributed by atoms with Gasteiger partial charge >= 0.3 is 0 Å². The molecule has 0 N–H and O–H groups in total. The molecule has 4 aromatic rings. The highest BCUT2D eigenvalue weighted by Gasteiger charge is 2.00. The summed E-state index contributed by atoms with van der Waals surface area (Å²) < 4.78 is 0. The van der Waals surface area contributed by atoms with E-state index < -0.39 is 0 Å². The van der Waals surface area contributed by atoms with Crippen molar-refractivity contribution >= 4 is 53.5 Å². The second-order valence-electron chi connectivity index (χ2n) is 10.4. The van der Waals surface area contributed by atoms with Crippen molar-refractivity contribution in [2.45, 2.75) is 0 Å². The zero-order chi connectivity index (χ0) is 27.8. The van der Waals surface area contributed by atoms with Crippen molar-refractivity contribution in [2.75, 3.05) is 57.0 Å². The number of nitrogens with zero attached hydrogens (tertiary/aromatic N) is 3. The molecule has 0 bridgehead atoms. The first kappa shape index (κ1) is 27.5. The summed E-state index contributed by atoms with van der Waals surface area (Å²) in [5.74, 6) is 0. The minimum absolute atomic E-state index is 1.17. The minimum atomic E-state index is 1.17. The Bertz CT molecular complexity index is 1250. The van der Waals surface area contributed by atoms with E-state index in [1.54, 1.807) is 0 Å². The summed E-state index contributed by atoms with van der Waals surface area (Å²) in [5, 5.41) is 0. The second-order valence-corrected chi connectivity index (χ2v) is 10.4. The van der Waals surface area contributed by atoms with E-state index in [0.717, 1.165) is 0 Å². The van der Waals surface area contributed by atoms with Gasteiger partial charge in [0.05, 0.1) is 0 Å². The molecule has 0 aliphatic rings. The third-order valence-electron chi connectivity index (χ3n) is 6.63. The maximum Gasteiger partial charge on any atom is 0.0361 e. The SMILES string of the molecule is CN(C)c1ccc(C=Cc2cc(C=Cc3ccc(N(C)C)cc3)cc(C=Cc3ccc(N(C)C)cc3)c2)cc1. The van der Waals surface area contributed by atoms with Crippen molar-refractivity contribution in [1.82, 2.24) is 0 Å². The Balaban J connectivity index is 1.61. The Hall–Kier alpha value is -4.50. The number of hydrogen-bond donors (Lipinski definition) is 0. The third kappa shape index (κ3) is 7.99. The minimum Gasteiger partial charge on any atom is -0.378 e. The summed E-state index contributed by atoms with van der Waals surface area (Å²) in [4.78, 5) is 6.35. The van der Waals surface area contributed by atoms with E-state index in [0.29, 0.717) is 0 Å². The molecule has 4 rings (SSSR count). The fourth-order valence-corrected chi connectivity index (χ4v) is 4.22. The number of rotatable bonds is 9. The molecule has 0 saturated carbocycles. The quantitative estimate of drug-likeness (QED) is 0.208. The molecular formula is C36H39N3. The monoisotopic (exact) mass is 513 g/mol. The predicted molar refractivity (Wildman–Crippen MR) is 176 cm³/mol. The molecule has 0 amide bonds. The van der Waals surface area contributed by atoms with Gasteiger partial charge in [0.15, 0.2) is 0 Å². The van der Waals surface area contributed by atoms with Gasteiger partial charge in [0, 0.05) is 59.3 Å². The lowest BCUT2D eigenvalue weighted by molar-refractivity contribution is 1.13. The molecule has 39 heavy (non-hydrogen) atoms. The van der Waals surface area contributed by atoms with Crippen LogP contribution in [0.25, 0.3) is 36.5 Å². The summed E-state index contributed by atoms with van der Waals surface area (Å²) in [6.45, 7) is 0. The van der Waals surface area contributed by atoms with Crippen molar-refractivity contribution in [3.05, 3.63) is 124 Å². The Labute approximate surface area is 234 Å². The average Bonchev–Trinajstić information content (AvgIpc) is 2.94. The smallest absolute Gasteiger partial charge is 0.0361 e. The van der Waals surface area contributed by atoms with Gasteiger partial charge in [-0.3, -0.25) is 0 Å². The fraction of sp³-hybridized carbons (Fsp3) is 0.167. The Morgan fingerprint density at radius 2 is 0.513 bits per heavy atom. The van der Waals surface area contributed by atoms with Crippen molar-refractivity contribution in [3.63, 3.8) is 0 Å². The first-order valence-electron chi connectivity index (χ1n) is 13.3. The summed E-state index contributed by atoms with van der Waals surface area (Å²) in [5.41, 5.74) is 10.6. The van der Waals surface area contributed by atoms with Gasteiger partial charge in [0.1, 0.15) is 0 Å². The van der Waals surface area contributed by atoms with Crippen molar-refractivity contribution < 1.29 is 0 Å². The van der Waals surface area contributed by atoms with Crippen molar-refractivity contribution in [2.24, 2.45) is 0 Å². The summed E-state index contributed by atoms with van der Waals surface area (Å²) >= 11 is 0. The van der Waals surface area contributed by atoms with Crippen LogP contribution in [0.2, 0.25) is 0 Å². The molecule has 3 nitrogen and oxygen atoms in total. The molecule has 0 radical (unpaired) electrons. The van der Waals surface area contributed by atoms with E-state index >= 15 is 0 Å². The van der Waals surface area contributed by atoms with Gasteiger partial charge in [-0.15, -0.1) is 0 Å². The van der Waals surface area contributed by atoms with E-state index in [9.17, 15) is 0 Å². The Morgan fingerprint density at radius 1 is 0.308 bits per heavy atom. The molecule has 3 heteroatoms. The summed E-state index contributed by atoms with van der Waals surface area (Å²) in [6, 6.07) is 32.5. The van der Waals surface area contributed by atoms with Crippen LogP contribution in [0.4, 0.5) is 17.1 Å². The van der Waals surface area contributed by atoms with E-state index in [-0.39, 0.29) is 0 Å². The highest BCUT2D eigenvalue weighted by atomic mass is 15.1. The molecule has 198 valence electrons. The van der Waals surface area contributed by atoms with E-state index in [1.807, 2.05) is 0 Å². The zero-order valence-corrected chi connectivity index (χ0v) is 24.0. The van der Waals surface area contributed by atoms with Gasteiger partial charge in [-0.1, -0.05) is 72.9 Å². The van der Waals surface area contributed by atoms with Crippen LogP contribution < -0.4 is 14.7 Å². The van der Waals surface area contributed by atoms with Crippen LogP contribution in [0.3, 0.4) is 0 Å². The van der Waals surface area contributed by atoms with Crippen LogP contribution in [0.1, 0.15) is 33.4 Å². The molecule has 0 aliphatic carbocycles.